The normalized spacial score (nSPS) is 10.4. The predicted octanol–water partition coefficient (Wildman–Crippen LogP) is 0.597. The lowest BCUT2D eigenvalue weighted by Crippen LogP contribution is -2.04. The first-order valence-electron chi connectivity index (χ1n) is 4.23. The highest BCUT2D eigenvalue weighted by Crippen LogP contribution is 1.91. The number of methoxy groups -OCH3 is 1. The molecule has 0 spiro atoms. The molecule has 0 radical (unpaired) electrons. The summed E-state index contributed by atoms with van der Waals surface area (Å²) in [6.45, 7) is 0.911. The van der Waals surface area contributed by atoms with E-state index in [0.717, 1.165) is 18.6 Å². The topological polar surface area (TPSA) is 72.8 Å². The van der Waals surface area contributed by atoms with Gasteiger partial charge in [0.15, 0.2) is 0 Å². The van der Waals surface area contributed by atoms with E-state index < -0.39 is 11.9 Å². The number of carbonyl (C=O) groups excluding carboxylic acids is 1. The van der Waals surface area contributed by atoms with Gasteiger partial charge >= 0.3 is 11.9 Å². The van der Waals surface area contributed by atoms with Crippen LogP contribution in [-0.4, -0.2) is 37.4 Å². The van der Waals surface area contributed by atoms with E-state index in [0.29, 0.717) is 13.0 Å². The molecular formula is C9H14O5. The maximum absolute atomic E-state index is 10.8. The van der Waals surface area contributed by atoms with Crippen molar-refractivity contribution in [2.24, 2.45) is 0 Å². The molecule has 0 unspecified atom stereocenters. The Labute approximate surface area is 82.3 Å². The lowest BCUT2D eigenvalue weighted by Gasteiger charge is -2.00. The number of hydrogen-bond donors (Lipinski definition) is 1. The average Bonchev–Trinajstić information content (AvgIpc) is 2.14. The second-order valence-corrected chi connectivity index (χ2v) is 2.54. The van der Waals surface area contributed by atoms with Gasteiger partial charge in [-0.05, 0) is 12.8 Å². The molecule has 5 nitrogen and oxygen atoms in total. The summed E-state index contributed by atoms with van der Waals surface area (Å²) >= 11 is 0. The van der Waals surface area contributed by atoms with Gasteiger partial charge in [-0.15, -0.1) is 0 Å². The number of aliphatic carboxylic acids is 1. The lowest BCUT2D eigenvalue weighted by atomic mass is 10.3. The van der Waals surface area contributed by atoms with E-state index in [1.165, 1.54) is 0 Å². The first-order chi connectivity index (χ1) is 6.66. The fraction of sp³-hybridized carbons (Fsp3) is 0.556. The Hall–Kier alpha value is -1.36. The third-order valence-electron chi connectivity index (χ3n) is 1.35. The van der Waals surface area contributed by atoms with Crippen LogP contribution >= 0.6 is 0 Å². The first-order valence-corrected chi connectivity index (χ1v) is 4.23. The molecule has 0 saturated heterocycles. The molecule has 0 heterocycles. The van der Waals surface area contributed by atoms with E-state index in [1.54, 1.807) is 7.11 Å². The Morgan fingerprint density at radius 3 is 2.43 bits per heavy atom. The minimum atomic E-state index is -1.17. The maximum atomic E-state index is 10.8. The second-order valence-electron chi connectivity index (χ2n) is 2.54. The highest BCUT2D eigenvalue weighted by atomic mass is 16.5. The van der Waals surface area contributed by atoms with Crippen molar-refractivity contribution in [2.75, 3.05) is 20.3 Å². The zero-order chi connectivity index (χ0) is 10.8. The van der Waals surface area contributed by atoms with Crippen LogP contribution in [0.5, 0.6) is 0 Å². The lowest BCUT2D eigenvalue weighted by molar-refractivity contribution is -0.138. The Balaban J connectivity index is 3.40. The van der Waals surface area contributed by atoms with Gasteiger partial charge in [0.2, 0.25) is 0 Å². The summed E-state index contributed by atoms with van der Waals surface area (Å²) in [6, 6.07) is 0. The average molecular weight is 202 g/mol. The van der Waals surface area contributed by atoms with Gasteiger partial charge in [0, 0.05) is 25.9 Å². The molecule has 0 aromatic rings. The van der Waals surface area contributed by atoms with E-state index in [4.69, 9.17) is 14.6 Å². The molecule has 0 aliphatic carbocycles. The molecule has 0 atom stereocenters. The van der Waals surface area contributed by atoms with Crippen LogP contribution in [0, 0.1) is 0 Å². The van der Waals surface area contributed by atoms with Crippen molar-refractivity contribution < 1.29 is 24.2 Å². The van der Waals surface area contributed by atoms with Crippen molar-refractivity contribution in [3.63, 3.8) is 0 Å². The summed E-state index contributed by atoms with van der Waals surface area (Å²) in [5.41, 5.74) is 0. The number of unbranched alkanes of at least 4 members (excludes halogenated alkanes) is 1. The van der Waals surface area contributed by atoms with Crippen LogP contribution in [0.3, 0.4) is 0 Å². The molecule has 0 bridgehead atoms. The zero-order valence-electron chi connectivity index (χ0n) is 8.06. The van der Waals surface area contributed by atoms with Gasteiger partial charge in [0.1, 0.15) is 0 Å². The van der Waals surface area contributed by atoms with E-state index in [1.807, 2.05) is 0 Å². The van der Waals surface area contributed by atoms with Crippen LogP contribution in [0.2, 0.25) is 0 Å². The molecule has 0 saturated carbocycles. The van der Waals surface area contributed by atoms with E-state index in [9.17, 15) is 9.59 Å². The minimum absolute atomic E-state index is 0.284. The summed E-state index contributed by atoms with van der Waals surface area (Å²) in [5, 5.41) is 8.19. The number of hydrogen-bond acceptors (Lipinski definition) is 4. The number of carbonyl (C=O) groups is 2. The van der Waals surface area contributed by atoms with Crippen molar-refractivity contribution >= 4 is 11.9 Å². The maximum Gasteiger partial charge on any atom is 0.331 e. The Bertz CT molecular complexity index is 209. The molecule has 0 rings (SSSR count). The van der Waals surface area contributed by atoms with Gasteiger partial charge in [-0.3, -0.25) is 0 Å². The predicted molar refractivity (Wildman–Crippen MR) is 48.8 cm³/mol. The van der Waals surface area contributed by atoms with Gasteiger partial charge in [-0.25, -0.2) is 9.59 Å². The third-order valence-corrected chi connectivity index (χ3v) is 1.35. The van der Waals surface area contributed by atoms with Crippen LogP contribution in [-0.2, 0) is 19.1 Å². The smallest absolute Gasteiger partial charge is 0.331 e. The van der Waals surface area contributed by atoms with Crippen LogP contribution in [0.1, 0.15) is 12.8 Å². The van der Waals surface area contributed by atoms with Crippen LogP contribution in [0.15, 0.2) is 12.2 Å². The van der Waals surface area contributed by atoms with Gasteiger partial charge < -0.3 is 14.6 Å². The summed E-state index contributed by atoms with van der Waals surface area (Å²) in [7, 11) is 1.60. The fourth-order valence-corrected chi connectivity index (χ4v) is 0.709. The summed E-state index contributed by atoms with van der Waals surface area (Å²) in [4.78, 5) is 20.8. The Morgan fingerprint density at radius 1 is 1.21 bits per heavy atom. The Morgan fingerprint density at radius 2 is 1.86 bits per heavy atom. The van der Waals surface area contributed by atoms with Gasteiger partial charge in [-0.1, -0.05) is 0 Å². The minimum Gasteiger partial charge on any atom is -0.478 e. The van der Waals surface area contributed by atoms with Gasteiger partial charge in [0.25, 0.3) is 0 Å². The zero-order valence-corrected chi connectivity index (χ0v) is 8.06. The molecule has 0 amide bonds. The Kier molecular flexibility index (Phi) is 7.45. The standard InChI is InChI=1S/C9H14O5/c1-13-6-2-3-7-14-9(12)5-4-8(10)11/h4-5H,2-3,6-7H2,1H3,(H,10,11). The van der Waals surface area contributed by atoms with Crippen LogP contribution < -0.4 is 0 Å². The highest BCUT2D eigenvalue weighted by Gasteiger charge is 1.97. The van der Waals surface area contributed by atoms with Gasteiger partial charge in [-0.2, -0.15) is 0 Å². The first kappa shape index (κ1) is 12.6. The van der Waals surface area contributed by atoms with E-state index >= 15 is 0 Å². The van der Waals surface area contributed by atoms with E-state index in [2.05, 4.69) is 0 Å². The highest BCUT2D eigenvalue weighted by molar-refractivity contribution is 5.90. The number of ether oxygens (including phenoxy) is 2. The van der Waals surface area contributed by atoms with Crippen molar-refractivity contribution in [3.8, 4) is 0 Å². The number of rotatable bonds is 7. The monoisotopic (exact) mass is 202 g/mol. The molecule has 80 valence electrons. The molecule has 14 heavy (non-hydrogen) atoms. The largest absolute Gasteiger partial charge is 0.478 e. The van der Waals surface area contributed by atoms with Crippen molar-refractivity contribution in [2.45, 2.75) is 12.8 Å². The molecule has 5 heteroatoms. The third kappa shape index (κ3) is 8.73. The number of carboxylic acids is 1. The van der Waals surface area contributed by atoms with Crippen LogP contribution in [0.25, 0.3) is 0 Å². The van der Waals surface area contributed by atoms with Crippen molar-refractivity contribution in [3.05, 3.63) is 12.2 Å². The van der Waals surface area contributed by atoms with E-state index in [-0.39, 0.29) is 6.61 Å². The summed E-state index contributed by atoms with van der Waals surface area (Å²) in [5.74, 6) is -1.80. The molecule has 0 fully saturated rings. The molecule has 0 aromatic heterocycles. The van der Waals surface area contributed by atoms with Crippen LogP contribution in [0.4, 0.5) is 0 Å². The molecule has 0 aromatic carbocycles. The SMILES string of the molecule is COCCCCOC(=O)C=CC(=O)O. The molecule has 1 N–H and O–H groups in total. The number of esters is 1. The van der Waals surface area contributed by atoms with Crippen molar-refractivity contribution in [1.29, 1.82) is 0 Å². The molecule has 0 aliphatic rings. The fourth-order valence-electron chi connectivity index (χ4n) is 0.709. The summed E-state index contributed by atoms with van der Waals surface area (Å²) in [6.07, 6.45) is 3.16. The summed E-state index contributed by atoms with van der Waals surface area (Å²) < 4.78 is 9.49. The molecule has 0 aliphatic heterocycles. The number of carboxylic acid groups (broad SMARTS) is 1. The quantitative estimate of drug-likeness (QED) is 0.371. The van der Waals surface area contributed by atoms with Crippen molar-refractivity contribution in [1.82, 2.24) is 0 Å². The molecular weight excluding hydrogens is 188 g/mol. The second kappa shape index (κ2) is 8.25. The van der Waals surface area contributed by atoms with Gasteiger partial charge in [0.05, 0.1) is 6.61 Å².